The third kappa shape index (κ3) is 3.65. The lowest BCUT2D eigenvalue weighted by Gasteiger charge is -2.12. The van der Waals surface area contributed by atoms with Crippen LogP contribution in [0.4, 0.5) is 0 Å². The Labute approximate surface area is 129 Å². The summed E-state index contributed by atoms with van der Waals surface area (Å²) in [6.45, 7) is 0.393. The molecule has 0 heterocycles. The summed E-state index contributed by atoms with van der Waals surface area (Å²) in [5.74, 6) is 1.11. The lowest BCUT2D eigenvalue weighted by Crippen LogP contribution is -1.98. The Morgan fingerprint density at radius 3 is 2.50 bits per heavy atom. The van der Waals surface area contributed by atoms with Gasteiger partial charge < -0.3 is 9.47 Å². The van der Waals surface area contributed by atoms with E-state index in [0.29, 0.717) is 23.7 Å². The summed E-state index contributed by atoms with van der Waals surface area (Å²) in [5.41, 5.74) is 1.94. The molecule has 4 nitrogen and oxygen atoms in total. The number of benzene rings is 2. The molecular formula is C18H14N2O2. The molecule has 2 aromatic carbocycles. The molecular weight excluding hydrogens is 276 g/mol. The molecule has 0 aliphatic carbocycles. The van der Waals surface area contributed by atoms with E-state index in [1.165, 1.54) is 6.08 Å². The first kappa shape index (κ1) is 15.2. The zero-order chi connectivity index (χ0) is 15.8. The Balaban J connectivity index is 2.27. The molecule has 0 atom stereocenters. The van der Waals surface area contributed by atoms with Crippen LogP contribution in [0.5, 0.6) is 11.5 Å². The van der Waals surface area contributed by atoms with E-state index >= 15 is 0 Å². The minimum atomic E-state index is 0.287. The Bertz CT molecular complexity index is 753. The van der Waals surface area contributed by atoms with Gasteiger partial charge in [0.25, 0.3) is 0 Å². The van der Waals surface area contributed by atoms with Crippen molar-refractivity contribution >= 4 is 5.57 Å². The fourth-order valence-corrected chi connectivity index (χ4v) is 1.94. The van der Waals surface area contributed by atoms with Gasteiger partial charge in [-0.15, -0.1) is 0 Å². The molecule has 0 bridgehead atoms. The van der Waals surface area contributed by atoms with Gasteiger partial charge in [0.1, 0.15) is 12.7 Å². The SMILES string of the molecule is COc1ccc(/C(C#N)=C/C#N)cc1OCc1ccccc1. The fraction of sp³-hybridized carbons (Fsp3) is 0.111. The summed E-state index contributed by atoms with van der Waals surface area (Å²) in [7, 11) is 1.56. The molecule has 2 aromatic rings. The highest BCUT2D eigenvalue weighted by molar-refractivity contribution is 5.79. The van der Waals surface area contributed by atoms with Crippen LogP contribution in [-0.2, 0) is 6.61 Å². The van der Waals surface area contributed by atoms with Crippen LogP contribution in [0, 0.1) is 22.7 Å². The van der Waals surface area contributed by atoms with Gasteiger partial charge in [-0.05, 0) is 29.3 Å². The van der Waals surface area contributed by atoms with E-state index in [9.17, 15) is 0 Å². The Kier molecular flexibility index (Phi) is 5.18. The standard InChI is InChI=1S/C18H14N2O2/c1-21-17-8-7-15(16(12-20)9-10-19)11-18(17)22-13-14-5-3-2-4-6-14/h2-9,11H,13H2,1H3/b16-9+. The van der Waals surface area contributed by atoms with Crippen LogP contribution in [0.3, 0.4) is 0 Å². The molecule has 0 unspecified atom stereocenters. The van der Waals surface area contributed by atoms with Crippen molar-refractivity contribution in [3.8, 4) is 23.6 Å². The number of hydrogen-bond acceptors (Lipinski definition) is 4. The van der Waals surface area contributed by atoms with Crippen LogP contribution in [0.25, 0.3) is 5.57 Å². The zero-order valence-electron chi connectivity index (χ0n) is 12.1. The van der Waals surface area contributed by atoms with Gasteiger partial charge in [-0.3, -0.25) is 0 Å². The number of nitrogens with zero attached hydrogens (tertiary/aromatic N) is 2. The van der Waals surface area contributed by atoms with Crippen molar-refractivity contribution in [2.24, 2.45) is 0 Å². The van der Waals surface area contributed by atoms with Gasteiger partial charge in [0.15, 0.2) is 11.5 Å². The van der Waals surface area contributed by atoms with Crippen LogP contribution < -0.4 is 9.47 Å². The predicted octanol–water partition coefficient (Wildman–Crippen LogP) is 3.70. The van der Waals surface area contributed by atoms with Crippen molar-refractivity contribution in [1.29, 1.82) is 10.5 Å². The van der Waals surface area contributed by atoms with Crippen molar-refractivity contribution in [1.82, 2.24) is 0 Å². The molecule has 108 valence electrons. The van der Waals surface area contributed by atoms with Gasteiger partial charge in [0.05, 0.1) is 18.8 Å². The molecule has 0 N–H and O–H groups in total. The minimum absolute atomic E-state index is 0.287. The van der Waals surface area contributed by atoms with Gasteiger partial charge in [0.2, 0.25) is 0 Å². The number of nitriles is 2. The average molecular weight is 290 g/mol. The molecule has 0 spiro atoms. The molecule has 0 saturated carbocycles. The summed E-state index contributed by atoms with van der Waals surface area (Å²) in [6, 6.07) is 18.8. The second-order valence-corrected chi connectivity index (χ2v) is 4.44. The normalized spacial score (nSPS) is 10.4. The third-order valence-corrected chi connectivity index (χ3v) is 3.04. The number of methoxy groups -OCH3 is 1. The molecule has 0 radical (unpaired) electrons. The summed E-state index contributed by atoms with van der Waals surface area (Å²) in [6.07, 6.45) is 1.21. The van der Waals surface area contributed by atoms with Gasteiger partial charge in [0, 0.05) is 6.08 Å². The van der Waals surface area contributed by atoms with Crippen molar-refractivity contribution in [2.45, 2.75) is 6.61 Å². The van der Waals surface area contributed by atoms with E-state index in [1.807, 2.05) is 42.5 Å². The fourth-order valence-electron chi connectivity index (χ4n) is 1.94. The number of ether oxygens (including phenoxy) is 2. The molecule has 4 heteroatoms. The van der Waals surface area contributed by atoms with Crippen molar-refractivity contribution in [2.75, 3.05) is 7.11 Å². The first-order valence-electron chi connectivity index (χ1n) is 6.63. The van der Waals surface area contributed by atoms with E-state index < -0.39 is 0 Å². The summed E-state index contributed by atoms with van der Waals surface area (Å²) in [5, 5.41) is 17.8. The Hall–Kier alpha value is -3.24. The smallest absolute Gasteiger partial charge is 0.162 e. The maximum atomic E-state index is 9.09. The second kappa shape index (κ2) is 7.52. The van der Waals surface area contributed by atoms with E-state index in [0.717, 1.165) is 5.56 Å². The van der Waals surface area contributed by atoms with E-state index in [4.69, 9.17) is 20.0 Å². The largest absolute Gasteiger partial charge is 0.493 e. The predicted molar refractivity (Wildman–Crippen MR) is 83.0 cm³/mol. The molecule has 22 heavy (non-hydrogen) atoms. The van der Waals surface area contributed by atoms with Crippen LogP contribution in [0.2, 0.25) is 0 Å². The molecule has 2 rings (SSSR count). The van der Waals surface area contributed by atoms with Crippen molar-refractivity contribution in [3.05, 3.63) is 65.7 Å². The molecule has 0 aliphatic heterocycles. The topological polar surface area (TPSA) is 66.0 Å². The first-order valence-corrected chi connectivity index (χ1v) is 6.63. The molecule has 0 aromatic heterocycles. The van der Waals surface area contributed by atoms with Gasteiger partial charge in [-0.1, -0.05) is 30.3 Å². The van der Waals surface area contributed by atoms with E-state index in [2.05, 4.69) is 0 Å². The lowest BCUT2D eigenvalue weighted by atomic mass is 10.1. The Morgan fingerprint density at radius 2 is 1.86 bits per heavy atom. The molecule has 0 saturated heterocycles. The monoisotopic (exact) mass is 290 g/mol. The second-order valence-electron chi connectivity index (χ2n) is 4.44. The highest BCUT2D eigenvalue weighted by atomic mass is 16.5. The molecule has 0 amide bonds. The van der Waals surface area contributed by atoms with Gasteiger partial charge in [-0.2, -0.15) is 10.5 Å². The van der Waals surface area contributed by atoms with Crippen LogP contribution in [0.15, 0.2) is 54.6 Å². The lowest BCUT2D eigenvalue weighted by molar-refractivity contribution is 0.284. The highest BCUT2D eigenvalue weighted by Crippen LogP contribution is 2.31. The number of allylic oxidation sites excluding steroid dienone is 2. The molecule has 0 fully saturated rings. The van der Waals surface area contributed by atoms with Crippen LogP contribution >= 0.6 is 0 Å². The Morgan fingerprint density at radius 1 is 1.09 bits per heavy atom. The summed E-state index contributed by atoms with van der Waals surface area (Å²) < 4.78 is 11.1. The summed E-state index contributed by atoms with van der Waals surface area (Å²) in [4.78, 5) is 0. The average Bonchev–Trinajstić information content (AvgIpc) is 2.58. The van der Waals surface area contributed by atoms with Crippen molar-refractivity contribution < 1.29 is 9.47 Å². The van der Waals surface area contributed by atoms with E-state index in [1.54, 1.807) is 25.3 Å². The van der Waals surface area contributed by atoms with E-state index in [-0.39, 0.29) is 5.57 Å². The minimum Gasteiger partial charge on any atom is -0.493 e. The summed E-state index contributed by atoms with van der Waals surface area (Å²) >= 11 is 0. The quantitative estimate of drug-likeness (QED) is 0.787. The molecule has 0 aliphatic rings. The van der Waals surface area contributed by atoms with Gasteiger partial charge in [-0.25, -0.2) is 0 Å². The maximum absolute atomic E-state index is 9.09. The van der Waals surface area contributed by atoms with Gasteiger partial charge >= 0.3 is 0 Å². The third-order valence-electron chi connectivity index (χ3n) is 3.04. The number of rotatable bonds is 5. The maximum Gasteiger partial charge on any atom is 0.162 e. The van der Waals surface area contributed by atoms with Crippen LogP contribution in [0.1, 0.15) is 11.1 Å². The zero-order valence-corrected chi connectivity index (χ0v) is 12.1. The first-order chi connectivity index (χ1) is 10.8. The highest BCUT2D eigenvalue weighted by Gasteiger charge is 2.09. The van der Waals surface area contributed by atoms with Crippen LogP contribution in [-0.4, -0.2) is 7.11 Å². The van der Waals surface area contributed by atoms with Crippen molar-refractivity contribution in [3.63, 3.8) is 0 Å². The number of hydrogen-bond donors (Lipinski definition) is 0.